The van der Waals surface area contributed by atoms with Gasteiger partial charge in [0.05, 0.1) is 19.6 Å². The van der Waals surface area contributed by atoms with E-state index in [0.717, 1.165) is 105 Å². The van der Waals surface area contributed by atoms with Gasteiger partial charge in [-0.05, 0) is 166 Å². The van der Waals surface area contributed by atoms with Gasteiger partial charge in [0.25, 0.3) is 0 Å². The summed E-state index contributed by atoms with van der Waals surface area (Å²) in [5.41, 5.74) is 5.82. The van der Waals surface area contributed by atoms with Gasteiger partial charge in [0, 0.05) is 16.7 Å². The summed E-state index contributed by atoms with van der Waals surface area (Å²) in [4.78, 5) is 44.3. The van der Waals surface area contributed by atoms with Crippen LogP contribution in [-0.2, 0) is 35.9 Å². The monoisotopic (exact) mass is 826 g/mol. The van der Waals surface area contributed by atoms with Crippen LogP contribution >= 0.6 is 0 Å². The number of hydrogen-bond donors (Lipinski definition) is 3. The molecular formula is C51H75N3O6. The predicted molar refractivity (Wildman–Crippen MR) is 247 cm³/mol. The van der Waals surface area contributed by atoms with E-state index in [-0.39, 0.29) is 53.1 Å². The van der Waals surface area contributed by atoms with Crippen LogP contribution in [-0.4, -0.2) is 29.0 Å². The topological polar surface area (TPSA) is 127 Å². The Balaban J connectivity index is 2.07. The summed E-state index contributed by atoms with van der Waals surface area (Å²) in [5, 5.41) is 35.3. The Kier molecular flexibility index (Phi) is 14.9. The minimum Gasteiger partial charge on any atom is -0.507 e. The molecule has 3 N–H and O–H groups in total. The molecule has 9 heteroatoms. The molecule has 0 unspecified atom stereocenters. The summed E-state index contributed by atoms with van der Waals surface area (Å²) in [6.45, 7) is 30.0. The first kappa shape index (κ1) is 48.1. The first-order chi connectivity index (χ1) is 28.2. The normalized spacial score (nSPS) is 12.4. The van der Waals surface area contributed by atoms with E-state index in [4.69, 9.17) is 0 Å². The Hall–Kier alpha value is -4.53. The van der Waals surface area contributed by atoms with Crippen LogP contribution < -0.4 is 17.1 Å². The highest BCUT2D eigenvalue weighted by Gasteiger charge is 2.34. The molecule has 3 aromatic carbocycles. The highest BCUT2D eigenvalue weighted by molar-refractivity contribution is 5.54. The minimum absolute atomic E-state index is 0.163. The number of aryl methyl sites for hydroxylation is 3. The standard InChI is InChI=1S/C51H75N3O6/c1-16-49(17-2,18-3)40-25-31(10)37(34(13)43(40)55)28-52-46(58)53(29-38-32(11)26-41(44(56)35(38)14)50(19-4,20-5)21-6)48(60)54(47(52)59)30-39-33(12)27-42(45(57)36(39)15)51(22-7,23-8)24-9/h25-27,55-57H,16-24,28-30H2,1-15H3. The third-order valence-corrected chi connectivity index (χ3v) is 15.8. The second-order valence-electron chi connectivity index (χ2n) is 17.7. The third kappa shape index (κ3) is 7.90. The maximum Gasteiger partial charge on any atom is 0.336 e. The fraction of sp³-hybridized carbons (Fsp3) is 0.588. The Morgan fingerprint density at radius 3 is 0.733 bits per heavy atom. The summed E-state index contributed by atoms with van der Waals surface area (Å²) in [5.74, 6) is 0.489. The van der Waals surface area contributed by atoms with E-state index in [1.54, 1.807) is 0 Å². The molecule has 0 radical (unpaired) electrons. The predicted octanol–water partition coefficient (Wildman–Crippen LogP) is 10.7. The highest BCUT2D eigenvalue weighted by atomic mass is 16.3. The summed E-state index contributed by atoms with van der Waals surface area (Å²) in [6.07, 6.45) is 7.61. The van der Waals surface area contributed by atoms with Gasteiger partial charge in [-0.1, -0.05) is 80.5 Å². The number of rotatable bonds is 18. The second-order valence-corrected chi connectivity index (χ2v) is 17.7. The van der Waals surface area contributed by atoms with Gasteiger partial charge in [0.15, 0.2) is 0 Å². The van der Waals surface area contributed by atoms with Gasteiger partial charge in [-0.15, -0.1) is 0 Å². The lowest BCUT2D eigenvalue weighted by Crippen LogP contribution is -2.55. The van der Waals surface area contributed by atoms with Crippen LogP contribution in [0.4, 0.5) is 0 Å². The van der Waals surface area contributed by atoms with Crippen molar-refractivity contribution in [2.24, 2.45) is 0 Å². The molecule has 9 nitrogen and oxygen atoms in total. The molecule has 330 valence electrons. The lowest BCUT2D eigenvalue weighted by atomic mass is 9.72. The molecule has 1 aromatic heterocycles. The largest absolute Gasteiger partial charge is 0.507 e. The van der Waals surface area contributed by atoms with Crippen LogP contribution in [0.3, 0.4) is 0 Å². The van der Waals surface area contributed by atoms with Gasteiger partial charge in [-0.25, -0.2) is 28.1 Å². The number of hydrogen-bond acceptors (Lipinski definition) is 6. The van der Waals surface area contributed by atoms with Crippen LogP contribution in [0.25, 0.3) is 0 Å². The zero-order chi connectivity index (χ0) is 45.2. The average molecular weight is 826 g/mol. The Morgan fingerprint density at radius 2 is 0.567 bits per heavy atom. The molecule has 1 heterocycles. The number of phenolic OH excluding ortho intramolecular Hbond substituents is 3. The number of aromatic hydroxyl groups is 3. The lowest BCUT2D eigenvalue weighted by molar-refractivity contribution is 0.356. The first-order valence-electron chi connectivity index (χ1n) is 22.7. The van der Waals surface area contributed by atoms with Crippen molar-refractivity contribution in [3.63, 3.8) is 0 Å². The van der Waals surface area contributed by atoms with Gasteiger partial charge < -0.3 is 15.3 Å². The van der Waals surface area contributed by atoms with Crippen molar-refractivity contribution in [1.29, 1.82) is 0 Å². The SMILES string of the molecule is CCC(CC)(CC)c1cc(C)c(Cn2c(=O)n(Cc3c(C)cc(C(CC)(CC)CC)c(O)c3C)c(=O)n(Cc3c(C)cc(C(CC)(CC)CC)c(O)c3C)c2=O)c(C)c1O. The highest BCUT2D eigenvalue weighted by Crippen LogP contribution is 2.45. The molecule has 0 bridgehead atoms. The van der Waals surface area contributed by atoms with E-state index in [1.165, 1.54) is 0 Å². The molecule has 60 heavy (non-hydrogen) atoms. The quantitative estimate of drug-likeness (QED) is 0.0917. The van der Waals surface area contributed by atoms with Gasteiger partial charge in [0.2, 0.25) is 0 Å². The lowest BCUT2D eigenvalue weighted by Gasteiger charge is -2.33. The molecule has 0 aliphatic heterocycles. The number of aromatic nitrogens is 3. The van der Waals surface area contributed by atoms with Crippen molar-refractivity contribution in [3.8, 4) is 17.2 Å². The fourth-order valence-corrected chi connectivity index (χ4v) is 10.5. The molecular weight excluding hydrogens is 751 g/mol. The van der Waals surface area contributed by atoms with Crippen LogP contribution in [0.5, 0.6) is 17.2 Å². The van der Waals surface area contributed by atoms with Gasteiger partial charge in [0.1, 0.15) is 17.2 Å². The summed E-state index contributed by atoms with van der Waals surface area (Å²) in [7, 11) is 0. The molecule has 0 aliphatic carbocycles. The average Bonchev–Trinajstić information content (AvgIpc) is 3.24. The van der Waals surface area contributed by atoms with E-state index in [2.05, 4.69) is 62.3 Å². The van der Waals surface area contributed by atoms with E-state index in [1.807, 2.05) is 59.7 Å². The fourth-order valence-electron chi connectivity index (χ4n) is 10.5. The summed E-state index contributed by atoms with van der Waals surface area (Å²) >= 11 is 0. The van der Waals surface area contributed by atoms with Crippen molar-refractivity contribution >= 4 is 0 Å². The number of phenols is 3. The van der Waals surface area contributed by atoms with E-state index in [0.29, 0.717) is 33.4 Å². The molecule has 0 spiro atoms. The maximum absolute atomic E-state index is 14.8. The minimum atomic E-state index is -0.772. The molecule has 0 atom stereocenters. The molecule has 0 saturated heterocycles. The molecule has 0 amide bonds. The molecule has 4 aromatic rings. The second kappa shape index (κ2) is 18.6. The van der Waals surface area contributed by atoms with Crippen LogP contribution in [0.1, 0.15) is 187 Å². The van der Waals surface area contributed by atoms with Crippen molar-refractivity contribution in [2.75, 3.05) is 0 Å². The Morgan fingerprint density at radius 1 is 0.383 bits per heavy atom. The number of nitrogens with zero attached hydrogens (tertiary/aromatic N) is 3. The Bertz CT molecular complexity index is 2080. The van der Waals surface area contributed by atoms with Crippen LogP contribution in [0.15, 0.2) is 32.6 Å². The smallest absolute Gasteiger partial charge is 0.336 e. The maximum atomic E-state index is 14.8. The van der Waals surface area contributed by atoms with Gasteiger partial charge in [-0.3, -0.25) is 0 Å². The van der Waals surface area contributed by atoms with Crippen molar-refractivity contribution in [3.05, 3.63) is 116 Å². The first-order valence-corrected chi connectivity index (χ1v) is 22.7. The molecule has 4 rings (SSSR count). The van der Waals surface area contributed by atoms with E-state index >= 15 is 0 Å². The van der Waals surface area contributed by atoms with Gasteiger partial charge >= 0.3 is 17.1 Å². The van der Waals surface area contributed by atoms with Crippen LogP contribution in [0, 0.1) is 41.5 Å². The van der Waals surface area contributed by atoms with Crippen molar-refractivity contribution in [1.82, 2.24) is 13.7 Å². The molecule has 0 aliphatic rings. The van der Waals surface area contributed by atoms with Gasteiger partial charge in [-0.2, -0.15) is 0 Å². The summed E-state index contributed by atoms with van der Waals surface area (Å²) < 4.78 is 3.31. The third-order valence-electron chi connectivity index (χ3n) is 15.8. The number of benzene rings is 3. The van der Waals surface area contributed by atoms with E-state index in [9.17, 15) is 29.7 Å². The van der Waals surface area contributed by atoms with E-state index < -0.39 is 17.1 Å². The van der Waals surface area contributed by atoms with Crippen molar-refractivity contribution in [2.45, 2.75) is 198 Å². The molecule has 0 fully saturated rings. The molecule has 0 saturated carbocycles. The van der Waals surface area contributed by atoms with Crippen LogP contribution in [0.2, 0.25) is 0 Å². The summed E-state index contributed by atoms with van der Waals surface area (Å²) in [6, 6.07) is 5.98. The zero-order valence-electron chi connectivity index (χ0n) is 39.6. The zero-order valence-corrected chi connectivity index (χ0v) is 39.6. The van der Waals surface area contributed by atoms with Crippen molar-refractivity contribution < 1.29 is 15.3 Å². The Labute approximate surface area is 359 Å².